The molecular weight excluding hydrogens is 350 g/mol. The van der Waals surface area contributed by atoms with Crippen molar-refractivity contribution < 1.29 is 9.59 Å². The van der Waals surface area contributed by atoms with Crippen LogP contribution in [0, 0.1) is 0 Å². The summed E-state index contributed by atoms with van der Waals surface area (Å²) in [6.07, 6.45) is 5.47. The Balaban J connectivity index is 1.43. The standard InChI is InChI=1S/C23H25N3O2/c27-22(13-10-16-6-2-1-3-7-16)26-21(23(28)25-18-11-12-18)14-17-15-24-20-9-5-4-8-19(17)20/h1-9,15,18,21,24H,10-14H2,(H,25,28)(H,26,27)/t21-/m0/s1. The minimum absolute atomic E-state index is 0.0964. The van der Waals surface area contributed by atoms with Gasteiger partial charge in [-0.25, -0.2) is 0 Å². The Kier molecular flexibility index (Phi) is 5.42. The first-order chi connectivity index (χ1) is 13.7. The molecule has 28 heavy (non-hydrogen) atoms. The molecule has 0 aliphatic heterocycles. The number of hydrogen-bond donors (Lipinski definition) is 3. The number of carbonyl (C=O) groups excluding carboxylic acids is 2. The molecule has 144 valence electrons. The number of amides is 2. The molecule has 0 bridgehead atoms. The Labute approximate surface area is 164 Å². The topological polar surface area (TPSA) is 74.0 Å². The van der Waals surface area contributed by atoms with Crippen LogP contribution in [0.5, 0.6) is 0 Å². The molecule has 1 fully saturated rings. The molecule has 1 aliphatic rings. The van der Waals surface area contributed by atoms with E-state index in [2.05, 4.69) is 15.6 Å². The van der Waals surface area contributed by atoms with Gasteiger partial charge in [-0.05, 0) is 36.5 Å². The van der Waals surface area contributed by atoms with Gasteiger partial charge in [0.05, 0.1) is 0 Å². The number of H-pyrrole nitrogens is 1. The van der Waals surface area contributed by atoms with Crippen LogP contribution in [-0.4, -0.2) is 28.9 Å². The first-order valence-electron chi connectivity index (χ1n) is 9.88. The molecule has 1 saturated carbocycles. The minimum atomic E-state index is -0.567. The summed E-state index contributed by atoms with van der Waals surface area (Å²) in [6, 6.07) is 17.6. The molecule has 0 saturated heterocycles. The van der Waals surface area contributed by atoms with Gasteiger partial charge >= 0.3 is 0 Å². The Morgan fingerprint density at radius 3 is 2.57 bits per heavy atom. The van der Waals surface area contributed by atoms with E-state index in [-0.39, 0.29) is 17.9 Å². The molecular formula is C23H25N3O2. The minimum Gasteiger partial charge on any atom is -0.361 e. The number of hydrogen-bond acceptors (Lipinski definition) is 2. The molecule has 1 aromatic heterocycles. The number of fused-ring (bicyclic) bond motifs is 1. The summed E-state index contributed by atoms with van der Waals surface area (Å²) >= 11 is 0. The highest BCUT2D eigenvalue weighted by atomic mass is 16.2. The van der Waals surface area contributed by atoms with Crippen molar-refractivity contribution in [2.45, 2.75) is 44.2 Å². The van der Waals surface area contributed by atoms with Crippen LogP contribution in [0.25, 0.3) is 10.9 Å². The quantitative estimate of drug-likeness (QED) is 0.566. The second-order valence-electron chi connectivity index (χ2n) is 7.45. The van der Waals surface area contributed by atoms with Gasteiger partial charge in [-0.3, -0.25) is 9.59 Å². The van der Waals surface area contributed by atoms with E-state index in [1.54, 1.807) is 0 Å². The zero-order chi connectivity index (χ0) is 19.3. The molecule has 2 amide bonds. The third-order valence-electron chi connectivity index (χ3n) is 5.16. The van der Waals surface area contributed by atoms with E-state index in [0.29, 0.717) is 19.3 Å². The maximum absolute atomic E-state index is 12.7. The number of nitrogens with one attached hydrogen (secondary N) is 3. The Hall–Kier alpha value is -3.08. The molecule has 0 unspecified atom stereocenters. The Morgan fingerprint density at radius 2 is 1.79 bits per heavy atom. The molecule has 1 heterocycles. The summed E-state index contributed by atoms with van der Waals surface area (Å²) in [6.45, 7) is 0. The van der Waals surface area contributed by atoms with Crippen molar-refractivity contribution in [1.29, 1.82) is 0 Å². The van der Waals surface area contributed by atoms with Gasteiger partial charge in [0, 0.05) is 36.0 Å². The van der Waals surface area contributed by atoms with Crippen LogP contribution in [0.4, 0.5) is 0 Å². The molecule has 3 aromatic rings. The smallest absolute Gasteiger partial charge is 0.243 e. The van der Waals surface area contributed by atoms with Gasteiger partial charge in [0.15, 0.2) is 0 Å². The first kappa shape index (κ1) is 18.3. The number of aromatic nitrogens is 1. The van der Waals surface area contributed by atoms with Gasteiger partial charge in [0.2, 0.25) is 11.8 Å². The summed E-state index contributed by atoms with van der Waals surface area (Å²) in [7, 11) is 0. The second-order valence-corrected chi connectivity index (χ2v) is 7.45. The van der Waals surface area contributed by atoms with Crippen LogP contribution < -0.4 is 10.6 Å². The normalized spacial score (nSPS) is 14.6. The number of carbonyl (C=O) groups is 2. The van der Waals surface area contributed by atoms with E-state index in [4.69, 9.17) is 0 Å². The molecule has 0 spiro atoms. The molecule has 1 atom stereocenters. The third-order valence-corrected chi connectivity index (χ3v) is 5.16. The summed E-state index contributed by atoms with van der Waals surface area (Å²) in [5.74, 6) is -0.194. The lowest BCUT2D eigenvalue weighted by Gasteiger charge is -2.18. The van der Waals surface area contributed by atoms with Crippen molar-refractivity contribution in [1.82, 2.24) is 15.6 Å². The molecule has 3 N–H and O–H groups in total. The Morgan fingerprint density at radius 1 is 1.04 bits per heavy atom. The predicted octanol–water partition coefficient (Wildman–Crippen LogP) is 3.11. The fourth-order valence-corrected chi connectivity index (χ4v) is 3.43. The van der Waals surface area contributed by atoms with Crippen molar-refractivity contribution >= 4 is 22.7 Å². The van der Waals surface area contributed by atoms with E-state index in [1.165, 1.54) is 0 Å². The second kappa shape index (κ2) is 8.30. The van der Waals surface area contributed by atoms with Gasteiger partial charge in [0.25, 0.3) is 0 Å². The maximum atomic E-state index is 12.7. The average Bonchev–Trinajstić information content (AvgIpc) is 3.45. The van der Waals surface area contributed by atoms with E-state index < -0.39 is 6.04 Å². The largest absolute Gasteiger partial charge is 0.361 e. The average molecular weight is 375 g/mol. The monoisotopic (exact) mass is 375 g/mol. The van der Waals surface area contributed by atoms with Crippen LogP contribution in [0.2, 0.25) is 0 Å². The summed E-state index contributed by atoms with van der Waals surface area (Å²) in [5.41, 5.74) is 3.19. The molecule has 2 aromatic carbocycles. The van der Waals surface area contributed by atoms with Crippen LogP contribution in [0.1, 0.15) is 30.4 Å². The molecule has 5 nitrogen and oxygen atoms in total. The zero-order valence-electron chi connectivity index (χ0n) is 15.8. The van der Waals surface area contributed by atoms with Crippen LogP contribution >= 0.6 is 0 Å². The summed E-state index contributed by atoms with van der Waals surface area (Å²) in [4.78, 5) is 28.5. The molecule has 5 heteroatoms. The van der Waals surface area contributed by atoms with Crippen molar-refractivity contribution in [3.63, 3.8) is 0 Å². The fraction of sp³-hybridized carbons (Fsp3) is 0.304. The van der Waals surface area contributed by atoms with E-state index in [9.17, 15) is 9.59 Å². The zero-order valence-corrected chi connectivity index (χ0v) is 15.8. The predicted molar refractivity (Wildman–Crippen MR) is 110 cm³/mol. The number of aryl methyl sites for hydroxylation is 1. The highest BCUT2D eigenvalue weighted by Crippen LogP contribution is 2.21. The van der Waals surface area contributed by atoms with Crippen LogP contribution in [0.3, 0.4) is 0 Å². The van der Waals surface area contributed by atoms with Gasteiger partial charge < -0.3 is 15.6 Å². The molecule has 0 radical (unpaired) electrons. The lowest BCUT2D eigenvalue weighted by atomic mass is 10.0. The lowest BCUT2D eigenvalue weighted by molar-refractivity contribution is -0.129. The van der Waals surface area contributed by atoms with E-state index >= 15 is 0 Å². The third kappa shape index (κ3) is 4.60. The van der Waals surface area contributed by atoms with Crippen molar-refractivity contribution in [3.8, 4) is 0 Å². The van der Waals surface area contributed by atoms with Gasteiger partial charge in [-0.15, -0.1) is 0 Å². The van der Waals surface area contributed by atoms with Crippen molar-refractivity contribution in [2.24, 2.45) is 0 Å². The number of rotatable bonds is 8. The highest BCUT2D eigenvalue weighted by molar-refractivity contribution is 5.90. The summed E-state index contributed by atoms with van der Waals surface area (Å²) < 4.78 is 0. The van der Waals surface area contributed by atoms with Gasteiger partial charge in [-0.1, -0.05) is 48.5 Å². The van der Waals surface area contributed by atoms with Crippen molar-refractivity contribution in [3.05, 3.63) is 71.9 Å². The van der Waals surface area contributed by atoms with Crippen molar-refractivity contribution in [2.75, 3.05) is 0 Å². The highest BCUT2D eigenvalue weighted by Gasteiger charge is 2.29. The first-order valence-corrected chi connectivity index (χ1v) is 9.88. The maximum Gasteiger partial charge on any atom is 0.243 e. The summed E-state index contributed by atoms with van der Waals surface area (Å²) in [5, 5.41) is 7.08. The fourth-order valence-electron chi connectivity index (χ4n) is 3.43. The number of aromatic amines is 1. The number of benzene rings is 2. The van der Waals surface area contributed by atoms with E-state index in [0.717, 1.165) is 34.9 Å². The lowest BCUT2D eigenvalue weighted by Crippen LogP contribution is -2.48. The van der Waals surface area contributed by atoms with Gasteiger partial charge in [0.1, 0.15) is 6.04 Å². The van der Waals surface area contributed by atoms with E-state index in [1.807, 2.05) is 60.8 Å². The molecule has 4 rings (SSSR count). The van der Waals surface area contributed by atoms with Gasteiger partial charge in [-0.2, -0.15) is 0 Å². The number of para-hydroxylation sites is 1. The van der Waals surface area contributed by atoms with Crippen LogP contribution in [-0.2, 0) is 22.4 Å². The Bertz CT molecular complexity index is 960. The van der Waals surface area contributed by atoms with Crippen LogP contribution in [0.15, 0.2) is 60.8 Å². The molecule has 1 aliphatic carbocycles. The SMILES string of the molecule is O=C(CCc1ccccc1)N[C@@H](Cc1c[nH]c2ccccc12)C(=O)NC1CC1.